The van der Waals surface area contributed by atoms with E-state index in [2.05, 4.69) is 30.9 Å². The van der Waals surface area contributed by atoms with Gasteiger partial charge in [-0.15, -0.1) is 0 Å². The molecule has 116 valence electrons. The predicted molar refractivity (Wildman–Crippen MR) is 85.1 cm³/mol. The van der Waals surface area contributed by atoms with Gasteiger partial charge in [0, 0.05) is 16.5 Å². The monoisotopic (exact) mass is 299 g/mol. The van der Waals surface area contributed by atoms with Crippen LogP contribution in [-0.4, -0.2) is 35.2 Å². The molecule has 0 aromatic heterocycles. The van der Waals surface area contributed by atoms with Gasteiger partial charge in [-0.1, -0.05) is 19.3 Å². The molecule has 2 fully saturated rings. The van der Waals surface area contributed by atoms with Gasteiger partial charge in [0.1, 0.15) is 5.54 Å². The summed E-state index contributed by atoms with van der Waals surface area (Å²) < 4.78 is 5.07. The van der Waals surface area contributed by atoms with Gasteiger partial charge in [-0.3, -0.25) is 10.1 Å². The number of hydrogen-bond acceptors (Lipinski definition) is 4. The largest absolute Gasteiger partial charge is 0.468 e. The molecule has 2 saturated carbocycles. The highest BCUT2D eigenvalue weighted by atomic mass is 32.2. The molecular weight excluding hydrogens is 270 g/mol. The van der Waals surface area contributed by atoms with Gasteiger partial charge in [-0.05, 0) is 46.0 Å². The third-order valence-corrected chi connectivity index (χ3v) is 6.19. The molecule has 0 aromatic rings. The van der Waals surface area contributed by atoms with Crippen molar-refractivity contribution in [3.63, 3.8) is 0 Å². The third-order valence-electron chi connectivity index (χ3n) is 4.55. The third kappa shape index (κ3) is 3.91. The van der Waals surface area contributed by atoms with Gasteiger partial charge in [0.25, 0.3) is 0 Å². The van der Waals surface area contributed by atoms with Crippen LogP contribution >= 0.6 is 11.8 Å². The van der Waals surface area contributed by atoms with Crippen LogP contribution in [0.25, 0.3) is 0 Å². The summed E-state index contributed by atoms with van der Waals surface area (Å²) in [7, 11) is 1.51. The molecule has 2 rings (SSSR count). The number of nitrogens with one attached hydrogen (secondary N) is 1. The Bertz CT molecular complexity index is 328. The molecule has 1 N–H and O–H groups in total. The van der Waals surface area contributed by atoms with E-state index in [1.165, 1.54) is 39.2 Å². The van der Waals surface area contributed by atoms with Crippen LogP contribution in [0.4, 0.5) is 0 Å². The molecule has 2 aliphatic rings. The minimum Gasteiger partial charge on any atom is -0.468 e. The smallest absolute Gasteiger partial charge is 0.326 e. The number of hydrogen-bond donors (Lipinski definition) is 1. The summed E-state index contributed by atoms with van der Waals surface area (Å²) in [4.78, 5) is 12.2. The number of carbonyl (C=O) groups is 1. The first-order valence-electron chi connectivity index (χ1n) is 8.07. The Balaban J connectivity index is 1.93. The van der Waals surface area contributed by atoms with E-state index in [0.717, 1.165) is 24.5 Å². The molecule has 2 aliphatic carbocycles. The molecule has 0 aromatic carbocycles. The molecular formula is C16H29NO2S. The second-order valence-electron chi connectivity index (χ2n) is 6.63. The summed E-state index contributed by atoms with van der Waals surface area (Å²) in [6, 6.07) is 0.313. The number of methoxy groups -OCH3 is 1. The quantitative estimate of drug-likeness (QED) is 0.788. The van der Waals surface area contributed by atoms with Crippen LogP contribution in [0.15, 0.2) is 0 Å². The lowest BCUT2D eigenvalue weighted by atomic mass is 9.96. The Morgan fingerprint density at radius 2 is 1.90 bits per heavy atom. The molecule has 0 bridgehead atoms. The van der Waals surface area contributed by atoms with E-state index >= 15 is 0 Å². The lowest BCUT2D eigenvalue weighted by Gasteiger charge is -2.30. The fourth-order valence-corrected chi connectivity index (χ4v) is 5.50. The van der Waals surface area contributed by atoms with E-state index in [4.69, 9.17) is 4.74 Å². The fraction of sp³-hybridized carbons (Fsp3) is 0.938. The lowest BCUT2D eigenvalue weighted by Crippen LogP contribution is -2.53. The Hall–Kier alpha value is -0.220. The molecule has 4 heteroatoms. The van der Waals surface area contributed by atoms with Gasteiger partial charge in [0.15, 0.2) is 0 Å². The lowest BCUT2D eigenvalue weighted by molar-refractivity contribution is -0.148. The van der Waals surface area contributed by atoms with E-state index in [9.17, 15) is 4.79 Å². The maximum Gasteiger partial charge on any atom is 0.326 e. The highest BCUT2D eigenvalue weighted by Crippen LogP contribution is 2.42. The van der Waals surface area contributed by atoms with Crippen LogP contribution in [0.5, 0.6) is 0 Å². The average molecular weight is 299 g/mol. The molecule has 2 unspecified atom stereocenters. The normalized spacial score (nSPS) is 31.7. The van der Waals surface area contributed by atoms with Crippen molar-refractivity contribution < 1.29 is 9.53 Å². The Labute approximate surface area is 127 Å². The zero-order chi connectivity index (χ0) is 14.6. The number of esters is 1. The topological polar surface area (TPSA) is 38.3 Å². The van der Waals surface area contributed by atoms with Crippen molar-refractivity contribution in [3.05, 3.63) is 0 Å². The van der Waals surface area contributed by atoms with Crippen LogP contribution in [0.1, 0.15) is 65.2 Å². The van der Waals surface area contributed by atoms with E-state index in [1.54, 1.807) is 0 Å². The van der Waals surface area contributed by atoms with Gasteiger partial charge in [-0.25, -0.2) is 0 Å². The summed E-state index contributed by atoms with van der Waals surface area (Å²) in [5.74, 6) is -0.0713. The number of rotatable bonds is 5. The second kappa shape index (κ2) is 7.17. The summed E-state index contributed by atoms with van der Waals surface area (Å²) in [5, 5.41) is 4.92. The van der Waals surface area contributed by atoms with Crippen molar-refractivity contribution in [1.82, 2.24) is 5.32 Å². The van der Waals surface area contributed by atoms with Gasteiger partial charge in [0.05, 0.1) is 7.11 Å². The highest BCUT2D eigenvalue weighted by molar-refractivity contribution is 8.00. The second-order valence-corrected chi connectivity index (χ2v) is 8.24. The van der Waals surface area contributed by atoms with Crippen molar-refractivity contribution in [3.8, 4) is 0 Å². The first-order chi connectivity index (χ1) is 9.55. The van der Waals surface area contributed by atoms with E-state index < -0.39 is 5.54 Å². The van der Waals surface area contributed by atoms with Gasteiger partial charge in [-0.2, -0.15) is 11.8 Å². The Kier molecular flexibility index (Phi) is 5.79. The maximum atomic E-state index is 12.2. The first-order valence-corrected chi connectivity index (χ1v) is 9.01. The van der Waals surface area contributed by atoms with Gasteiger partial charge < -0.3 is 4.74 Å². The number of thioether (sulfide) groups is 1. The van der Waals surface area contributed by atoms with Crippen LogP contribution in [-0.2, 0) is 9.53 Å². The van der Waals surface area contributed by atoms with Crippen molar-refractivity contribution in [2.45, 2.75) is 87.3 Å². The van der Waals surface area contributed by atoms with E-state index in [-0.39, 0.29) is 5.97 Å². The molecule has 0 aliphatic heterocycles. The molecule has 20 heavy (non-hydrogen) atoms. The van der Waals surface area contributed by atoms with E-state index in [1.807, 2.05) is 0 Å². The first kappa shape index (κ1) is 16.2. The summed E-state index contributed by atoms with van der Waals surface area (Å²) in [6.45, 7) is 4.21. The number of carbonyl (C=O) groups excluding carboxylic acids is 1. The zero-order valence-corrected chi connectivity index (χ0v) is 13.9. The summed E-state index contributed by atoms with van der Waals surface area (Å²) >= 11 is 2.14. The molecule has 0 spiro atoms. The summed E-state index contributed by atoms with van der Waals surface area (Å²) in [6.07, 6.45) is 9.89. The predicted octanol–water partition coefficient (Wildman–Crippen LogP) is 3.51. The van der Waals surface area contributed by atoms with Crippen molar-refractivity contribution in [1.29, 1.82) is 0 Å². The van der Waals surface area contributed by atoms with Gasteiger partial charge in [0.2, 0.25) is 0 Å². The molecule has 3 nitrogen and oxygen atoms in total. The fourth-order valence-electron chi connectivity index (χ4n) is 3.71. The molecule has 2 atom stereocenters. The number of ether oxygens (including phenoxy) is 1. The van der Waals surface area contributed by atoms with E-state index in [0.29, 0.717) is 11.3 Å². The maximum absolute atomic E-state index is 12.2. The molecule has 0 radical (unpaired) electrons. The molecule has 0 amide bonds. The zero-order valence-electron chi connectivity index (χ0n) is 13.1. The minimum absolute atomic E-state index is 0.0713. The molecule has 0 saturated heterocycles. The van der Waals surface area contributed by atoms with Crippen LogP contribution < -0.4 is 5.32 Å². The molecule has 0 heterocycles. The average Bonchev–Trinajstić information content (AvgIpc) is 2.82. The SMILES string of the molecule is COC(=O)C1(NC(C)C)CCC(SC2CCCCC2)C1. The standard InChI is InChI=1S/C16H29NO2S/c1-12(2)17-16(15(18)19-3)10-9-14(11-16)20-13-7-5-4-6-8-13/h12-14,17H,4-11H2,1-3H3. The Morgan fingerprint density at radius 3 is 2.50 bits per heavy atom. The highest BCUT2D eigenvalue weighted by Gasteiger charge is 2.47. The minimum atomic E-state index is -0.435. The van der Waals surface area contributed by atoms with Crippen molar-refractivity contribution in [2.75, 3.05) is 7.11 Å². The van der Waals surface area contributed by atoms with Crippen LogP contribution in [0.2, 0.25) is 0 Å². The summed E-state index contributed by atoms with van der Waals surface area (Å²) in [5.41, 5.74) is -0.435. The Morgan fingerprint density at radius 1 is 1.20 bits per heavy atom. The van der Waals surface area contributed by atoms with Gasteiger partial charge >= 0.3 is 5.97 Å². The van der Waals surface area contributed by atoms with Crippen LogP contribution in [0, 0.1) is 0 Å². The van der Waals surface area contributed by atoms with Crippen molar-refractivity contribution in [2.24, 2.45) is 0 Å². The van der Waals surface area contributed by atoms with Crippen LogP contribution in [0.3, 0.4) is 0 Å². The van der Waals surface area contributed by atoms with Crippen molar-refractivity contribution >= 4 is 17.7 Å².